The van der Waals surface area contributed by atoms with Crippen LogP contribution in [0.4, 0.5) is 10.5 Å². The maximum absolute atomic E-state index is 12.7. The lowest BCUT2D eigenvalue weighted by Crippen LogP contribution is -2.54. The molecule has 1 saturated carbocycles. The van der Waals surface area contributed by atoms with E-state index < -0.39 is 0 Å². The van der Waals surface area contributed by atoms with Crippen LogP contribution >= 0.6 is 0 Å². The van der Waals surface area contributed by atoms with Crippen LogP contribution in [0.2, 0.25) is 0 Å². The Morgan fingerprint density at radius 3 is 2.26 bits per heavy atom. The van der Waals surface area contributed by atoms with Gasteiger partial charge >= 0.3 is 12.0 Å². The number of rotatable bonds is 6. The summed E-state index contributed by atoms with van der Waals surface area (Å²) < 4.78 is 5.36. The molecule has 1 aliphatic carbocycles. The van der Waals surface area contributed by atoms with Crippen LogP contribution in [0.15, 0.2) is 24.3 Å². The van der Waals surface area contributed by atoms with Crippen molar-refractivity contribution in [1.82, 2.24) is 10.2 Å². The molecule has 1 aliphatic heterocycles. The first kappa shape index (κ1) is 22.9. The average molecular weight is 430 g/mol. The Labute approximate surface area is 184 Å². The zero-order chi connectivity index (χ0) is 22.4. The average Bonchev–Trinajstić information content (AvgIpc) is 2.78. The molecule has 4 N–H and O–H groups in total. The number of hydrogen-bond acceptors (Lipinski definition) is 5. The van der Waals surface area contributed by atoms with E-state index in [0.717, 1.165) is 44.5 Å². The predicted octanol–water partition coefficient (Wildman–Crippen LogP) is 2.56. The molecule has 0 unspecified atom stereocenters. The molecule has 0 radical (unpaired) electrons. The Morgan fingerprint density at radius 1 is 1.10 bits per heavy atom. The quantitative estimate of drug-likeness (QED) is 0.366. The van der Waals surface area contributed by atoms with Crippen LogP contribution in [0.3, 0.4) is 0 Å². The van der Waals surface area contributed by atoms with Gasteiger partial charge in [-0.15, -0.1) is 0 Å². The van der Waals surface area contributed by atoms with Crippen LogP contribution in [0.1, 0.15) is 45.1 Å². The molecule has 0 aromatic heterocycles. The van der Waals surface area contributed by atoms with Gasteiger partial charge in [-0.05, 0) is 55.9 Å². The lowest BCUT2D eigenvalue weighted by molar-refractivity contribution is -0.150. The standard InChI is InChI=1S/C23H35N5O3/c1-16(2)15-31-22(29)18-3-7-19(8-4-18)26-23(30)28-13-11-27(12-14-28)20-9-5-17(6-10-20)21(24)25/h5-6,9-10,16,18-19H,3-4,7-8,11-15H2,1-2H3,(H3,24,25)(H,26,30). The third-order valence-electron chi connectivity index (χ3n) is 6.06. The SMILES string of the molecule is CC(C)COC(=O)C1CCC(NC(=O)N2CCN(c3ccc(C(=N)N)cc3)CC2)CC1. The van der Waals surface area contributed by atoms with Crippen LogP contribution in [0.5, 0.6) is 0 Å². The minimum absolute atomic E-state index is 0.0163. The number of nitrogens with one attached hydrogen (secondary N) is 2. The highest BCUT2D eigenvalue weighted by Gasteiger charge is 2.30. The second kappa shape index (κ2) is 10.5. The lowest BCUT2D eigenvalue weighted by atomic mass is 9.86. The molecule has 0 bridgehead atoms. The molecule has 8 nitrogen and oxygen atoms in total. The normalized spacial score (nSPS) is 21.6. The fourth-order valence-electron chi connectivity index (χ4n) is 4.13. The second-order valence-corrected chi connectivity index (χ2v) is 8.96. The van der Waals surface area contributed by atoms with E-state index in [4.69, 9.17) is 15.9 Å². The molecule has 1 aromatic carbocycles. The van der Waals surface area contributed by atoms with Crippen LogP contribution in [-0.4, -0.2) is 61.6 Å². The number of esters is 1. The largest absolute Gasteiger partial charge is 0.465 e. The van der Waals surface area contributed by atoms with Crippen LogP contribution in [0.25, 0.3) is 0 Å². The Bertz CT molecular complexity index is 764. The zero-order valence-electron chi connectivity index (χ0n) is 18.6. The number of ether oxygens (including phenoxy) is 1. The fraction of sp³-hybridized carbons (Fsp3) is 0.609. The number of nitrogen functional groups attached to an aromatic ring is 1. The maximum atomic E-state index is 12.7. The molecule has 1 aromatic rings. The van der Waals surface area contributed by atoms with Crippen molar-refractivity contribution < 1.29 is 14.3 Å². The molecule has 31 heavy (non-hydrogen) atoms. The lowest BCUT2D eigenvalue weighted by Gasteiger charge is -2.37. The third kappa shape index (κ3) is 6.35. The van der Waals surface area contributed by atoms with Gasteiger partial charge in [-0.3, -0.25) is 10.2 Å². The van der Waals surface area contributed by atoms with Gasteiger partial charge in [0, 0.05) is 43.5 Å². The van der Waals surface area contributed by atoms with Gasteiger partial charge in [-0.25, -0.2) is 4.79 Å². The fourth-order valence-corrected chi connectivity index (χ4v) is 4.13. The first-order chi connectivity index (χ1) is 14.8. The minimum atomic E-state index is -0.0917. The van der Waals surface area contributed by atoms with Crippen molar-refractivity contribution in [2.75, 3.05) is 37.7 Å². The van der Waals surface area contributed by atoms with E-state index in [1.807, 2.05) is 43.0 Å². The van der Waals surface area contributed by atoms with Crippen LogP contribution in [0, 0.1) is 17.2 Å². The Balaban J connectivity index is 1.39. The van der Waals surface area contributed by atoms with Crippen molar-refractivity contribution in [3.63, 3.8) is 0 Å². The Kier molecular flexibility index (Phi) is 7.76. The first-order valence-electron chi connectivity index (χ1n) is 11.2. The van der Waals surface area contributed by atoms with E-state index in [9.17, 15) is 9.59 Å². The summed E-state index contributed by atoms with van der Waals surface area (Å²) in [4.78, 5) is 28.9. The smallest absolute Gasteiger partial charge is 0.317 e. The van der Waals surface area contributed by atoms with E-state index in [0.29, 0.717) is 31.2 Å². The third-order valence-corrected chi connectivity index (χ3v) is 6.06. The van der Waals surface area contributed by atoms with Gasteiger partial charge < -0.3 is 25.6 Å². The number of anilines is 1. The molecule has 0 atom stereocenters. The molecule has 1 saturated heterocycles. The predicted molar refractivity (Wildman–Crippen MR) is 121 cm³/mol. The maximum Gasteiger partial charge on any atom is 0.317 e. The van der Waals surface area contributed by atoms with Crippen molar-refractivity contribution in [3.8, 4) is 0 Å². The molecule has 3 rings (SSSR count). The van der Waals surface area contributed by atoms with Gasteiger partial charge in [0.2, 0.25) is 0 Å². The summed E-state index contributed by atoms with van der Waals surface area (Å²) in [6.45, 7) is 7.40. The van der Waals surface area contributed by atoms with Gasteiger partial charge in [0.05, 0.1) is 12.5 Å². The first-order valence-corrected chi connectivity index (χ1v) is 11.2. The number of piperazine rings is 1. The highest BCUT2D eigenvalue weighted by molar-refractivity contribution is 5.95. The number of nitrogens with two attached hydrogens (primary N) is 1. The Hall–Kier alpha value is -2.77. The van der Waals surface area contributed by atoms with Gasteiger partial charge in [0.15, 0.2) is 0 Å². The monoisotopic (exact) mass is 429 g/mol. The molecule has 0 spiro atoms. The molecular formula is C23H35N5O3. The molecule has 2 fully saturated rings. The van der Waals surface area contributed by atoms with Crippen molar-refractivity contribution in [2.24, 2.45) is 17.6 Å². The van der Waals surface area contributed by atoms with Gasteiger partial charge in [0.1, 0.15) is 5.84 Å². The van der Waals surface area contributed by atoms with E-state index in [1.165, 1.54) is 0 Å². The summed E-state index contributed by atoms with van der Waals surface area (Å²) in [5, 5.41) is 10.6. The summed E-state index contributed by atoms with van der Waals surface area (Å²) in [7, 11) is 0. The Morgan fingerprint density at radius 2 is 1.71 bits per heavy atom. The summed E-state index contributed by atoms with van der Waals surface area (Å²) in [5.41, 5.74) is 7.30. The van der Waals surface area contributed by atoms with Crippen molar-refractivity contribution in [1.29, 1.82) is 5.41 Å². The van der Waals surface area contributed by atoms with Crippen LogP contribution < -0.4 is 16.0 Å². The number of amidine groups is 1. The van der Waals surface area contributed by atoms with E-state index in [1.54, 1.807) is 0 Å². The van der Waals surface area contributed by atoms with Crippen molar-refractivity contribution in [3.05, 3.63) is 29.8 Å². The molecule has 2 amide bonds. The van der Waals surface area contributed by atoms with E-state index in [-0.39, 0.29) is 29.8 Å². The van der Waals surface area contributed by atoms with Gasteiger partial charge in [-0.1, -0.05) is 13.8 Å². The second-order valence-electron chi connectivity index (χ2n) is 8.96. The number of amides is 2. The summed E-state index contributed by atoms with van der Waals surface area (Å²) in [5.74, 6) is 0.283. The number of urea groups is 1. The molecule has 2 aliphatic rings. The molecule has 8 heteroatoms. The van der Waals surface area contributed by atoms with Gasteiger partial charge in [-0.2, -0.15) is 0 Å². The van der Waals surface area contributed by atoms with E-state index >= 15 is 0 Å². The molecular weight excluding hydrogens is 394 g/mol. The highest BCUT2D eigenvalue weighted by Crippen LogP contribution is 2.26. The van der Waals surface area contributed by atoms with Crippen molar-refractivity contribution in [2.45, 2.75) is 45.6 Å². The minimum Gasteiger partial charge on any atom is -0.465 e. The number of benzene rings is 1. The van der Waals surface area contributed by atoms with E-state index in [2.05, 4.69) is 10.2 Å². The summed E-state index contributed by atoms with van der Waals surface area (Å²) in [6, 6.07) is 7.75. The summed E-state index contributed by atoms with van der Waals surface area (Å²) >= 11 is 0. The van der Waals surface area contributed by atoms with Crippen molar-refractivity contribution >= 4 is 23.5 Å². The number of carbonyl (C=O) groups is 2. The number of carbonyl (C=O) groups excluding carboxylic acids is 2. The highest BCUT2D eigenvalue weighted by atomic mass is 16.5. The molecule has 1 heterocycles. The number of hydrogen-bond donors (Lipinski definition) is 3. The topological polar surface area (TPSA) is 112 Å². The van der Waals surface area contributed by atoms with Gasteiger partial charge in [0.25, 0.3) is 0 Å². The zero-order valence-corrected chi connectivity index (χ0v) is 18.6. The molecule has 170 valence electrons. The van der Waals surface area contributed by atoms with Crippen LogP contribution in [-0.2, 0) is 9.53 Å². The summed E-state index contributed by atoms with van der Waals surface area (Å²) in [6.07, 6.45) is 3.17. The number of nitrogens with zero attached hydrogens (tertiary/aromatic N) is 2.